The molecule has 0 aliphatic carbocycles. The van der Waals surface area contributed by atoms with Gasteiger partial charge in [-0.25, -0.2) is 0 Å². The van der Waals surface area contributed by atoms with Gasteiger partial charge < -0.3 is 0 Å². The third-order valence-electron chi connectivity index (χ3n) is 4.20. The number of fused-ring (bicyclic) bond motifs is 1. The van der Waals surface area contributed by atoms with Gasteiger partial charge in [0.2, 0.25) is 0 Å². The number of nitrogens with zero attached hydrogens (tertiary/aromatic N) is 1. The number of unbranched alkanes of at least 4 members (excludes halogenated alkanes) is 1. The maximum Gasteiger partial charge on any atom is 0.0366 e. The average Bonchev–Trinajstić information content (AvgIpc) is 2.84. The van der Waals surface area contributed by atoms with Crippen molar-refractivity contribution in [3.05, 3.63) is 0 Å². The molecule has 76 valence electrons. The van der Waals surface area contributed by atoms with Crippen LogP contribution < -0.4 is 0 Å². The molecule has 1 heteroatoms. The Morgan fingerprint density at radius 3 is 2.77 bits per heavy atom. The molecule has 1 nitrogen and oxygen atoms in total. The molecule has 0 spiro atoms. The fourth-order valence-corrected chi connectivity index (χ4v) is 3.35. The average molecular weight is 181 g/mol. The van der Waals surface area contributed by atoms with Crippen LogP contribution in [0.15, 0.2) is 0 Å². The molecule has 3 unspecified atom stereocenters. The minimum Gasteiger partial charge on any atom is -0.291 e. The normalized spacial score (nSPS) is 42.9. The van der Waals surface area contributed by atoms with Gasteiger partial charge in [-0.3, -0.25) is 4.90 Å². The molecule has 2 rings (SSSR count). The predicted octanol–water partition coefficient (Wildman–Crippen LogP) is 3.19. The second-order valence-corrected chi connectivity index (χ2v) is 4.77. The van der Waals surface area contributed by atoms with Crippen LogP contribution in [-0.2, 0) is 0 Å². The molecule has 0 aromatic rings. The van der Waals surface area contributed by atoms with Crippen molar-refractivity contribution in [2.75, 3.05) is 6.54 Å². The van der Waals surface area contributed by atoms with E-state index in [0.29, 0.717) is 5.54 Å². The van der Waals surface area contributed by atoms with Crippen LogP contribution in [0.5, 0.6) is 0 Å². The van der Waals surface area contributed by atoms with E-state index in [1.54, 1.807) is 0 Å². The Labute approximate surface area is 82.5 Å². The Bertz CT molecular complexity index is 178. The van der Waals surface area contributed by atoms with Crippen LogP contribution in [-0.4, -0.2) is 23.0 Å². The van der Waals surface area contributed by atoms with Gasteiger partial charge >= 0.3 is 0 Å². The van der Waals surface area contributed by atoms with E-state index in [1.807, 2.05) is 0 Å². The Morgan fingerprint density at radius 1 is 1.31 bits per heavy atom. The van der Waals surface area contributed by atoms with Crippen LogP contribution in [0.4, 0.5) is 0 Å². The van der Waals surface area contributed by atoms with Gasteiger partial charge in [0, 0.05) is 11.6 Å². The van der Waals surface area contributed by atoms with Gasteiger partial charge in [-0.2, -0.15) is 0 Å². The second-order valence-electron chi connectivity index (χ2n) is 4.77. The lowest BCUT2D eigenvalue weighted by Crippen LogP contribution is -2.23. The molecule has 0 saturated carbocycles. The van der Waals surface area contributed by atoms with Crippen molar-refractivity contribution in [2.45, 2.75) is 70.4 Å². The van der Waals surface area contributed by atoms with Crippen molar-refractivity contribution >= 4 is 0 Å². The molecule has 2 fully saturated rings. The van der Waals surface area contributed by atoms with Crippen molar-refractivity contribution in [2.24, 2.45) is 0 Å². The van der Waals surface area contributed by atoms with Crippen LogP contribution >= 0.6 is 0 Å². The topological polar surface area (TPSA) is 3.01 Å². The van der Waals surface area contributed by atoms with E-state index in [1.165, 1.54) is 51.5 Å². The van der Waals surface area contributed by atoms with E-state index >= 15 is 0 Å². The summed E-state index contributed by atoms with van der Waals surface area (Å²) in [5.74, 6) is 0. The highest BCUT2D eigenvalue weighted by Crippen LogP contribution is 2.52. The molecule has 0 radical (unpaired) electrons. The first-order valence-electron chi connectivity index (χ1n) is 6.12. The van der Waals surface area contributed by atoms with Crippen LogP contribution in [0.3, 0.4) is 0 Å². The van der Waals surface area contributed by atoms with Gasteiger partial charge in [0.15, 0.2) is 0 Å². The minimum atomic E-state index is 0.688. The van der Waals surface area contributed by atoms with Gasteiger partial charge in [-0.15, -0.1) is 0 Å². The van der Waals surface area contributed by atoms with Crippen molar-refractivity contribution in [1.82, 2.24) is 4.90 Å². The first kappa shape index (κ1) is 9.51. The van der Waals surface area contributed by atoms with Crippen LogP contribution in [0.2, 0.25) is 0 Å². The highest BCUT2D eigenvalue weighted by Gasteiger charge is 2.60. The summed E-state index contributed by atoms with van der Waals surface area (Å²) >= 11 is 0. The molecular weight excluding hydrogens is 158 g/mol. The molecule has 0 amide bonds. The zero-order chi connectivity index (χ0) is 9.31. The van der Waals surface area contributed by atoms with Crippen LogP contribution in [0.1, 0.15) is 58.8 Å². The predicted molar refractivity (Wildman–Crippen MR) is 56.9 cm³/mol. The lowest BCUT2D eigenvalue weighted by atomic mass is 9.91. The number of hydrogen-bond acceptors (Lipinski definition) is 1. The van der Waals surface area contributed by atoms with Crippen molar-refractivity contribution < 1.29 is 0 Å². The highest BCUT2D eigenvalue weighted by atomic mass is 15.4. The Hall–Kier alpha value is -0.0400. The van der Waals surface area contributed by atoms with E-state index < -0.39 is 0 Å². The standard InChI is InChI=1S/C12H23N/c1-3-5-8-11-12(4-2)9-6-7-10-13(11)12/h11H,3-10H2,1-2H3. The second kappa shape index (κ2) is 3.61. The molecule has 3 atom stereocenters. The Morgan fingerprint density at radius 2 is 2.15 bits per heavy atom. The molecule has 0 aromatic heterocycles. The van der Waals surface area contributed by atoms with Crippen molar-refractivity contribution in [3.8, 4) is 0 Å². The Balaban J connectivity index is 1.91. The summed E-state index contributed by atoms with van der Waals surface area (Å²) in [6.07, 6.45) is 10.1. The van der Waals surface area contributed by atoms with Gasteiger partial charge in [0.1, 0.15) is 0 Å². The Kier molecular flexibility index (Phi) is 2.64. The summed E-state index contributed by atoms with van der Waals surface area (Å²) in [5.41, 5.74) is 0.688. The molecule has 0 aromatic carbocycles. The maximum atomic E-state index is 2.78. The molecular formula is C12H23N. The van der Waals surface area contributed by atoms with E-state index in [4.69, 9.17) is 0 Å². The molecule has 2 aliphatic rings. The van der Waals surface area contributed by atoms with E-state index in [0.717, 1.165) is 6.04 Å². The first-order chi connectivity index (χ1) is 6.35. The summed E-state index contributed by atoms with van der Waals surface area (Å²) in [7, 11) is 0. The zero-order valence-corrected chi connectivity index (χ0v) is 9.18. The summed E-state index contributed by atoms with van der Waals surface area (Å²) in [5, 5.41) is 0. The van der Waals surface area contributed by atoms with Crippen LogP contribution in [0.25, 0.3) is 0 Å². The van der Waals surface area contributed by atoms with Gasteiger partial charge in [0.25, 0.3) is 0 Å². The maximum absolute atomic E-state index is 2.78. The van der Waals surface area contributed by atoms with Crippen molar-refractivity contribution in [1.29, 1.82) is 0 Å². The highest BCUT2D eigenvalue weighted by molar-refractivity contribution is 5.17. The third kappa shape index (κ3) is 1.41. The monoisotopic (exact) mass is 181 g/mol. The molecule has 13 heavy (non-hydrogen) atoms. The fourth-order valence-electron chi connectivity index (χ4n) is 3.35. The van der Waals surface area contributed by atoms with Gasteiger partial charge in [-0.1, -0.05) is 33.1 Å². The quantitative estimate of drug-likeness (QED) is 0.602. The summed E-state index contributed by atoms with van der Waals surface area (Å²) in [6, 6.07) is 0.972. The SMILES string of the molecule is CCCCC1N2CCCCC12CC. The molecule has 0 bridgehead atoms. The van der Waals surface area contributed by atoms with E-state index in [-0.39, 0.29) is 0 Å². The lowest BCUT2D eigenvalue weighted by molar-refractivity contribution is 0.309. The molecule has 2 heterocycles. The van der Waals surface area contributed by atoms with Crippen LogP contribution in [0, 0.1) is 0 Å². The minimum absolute atomic E-state index is 0.688. The van der Waals surface area contributed by atoms with E-state index in [9.17, 15) is 0 Å². The summed E-state index contributed by atoms with van der Waals surface area (Å²) in [6.45, 7) is 6.08. The molecule has 2 aliphatic heterocycles. The molecule has 0 N–H and O–H groups in total. The number of hydrogen-bond donors (Lipinski definition) is 0. The van der Waals surface area contributed by atoms with Gasteiger partial charge in [-0.05, 0) is 32.2 Å². The molecule has 2 saturated heterocycles. The largest absolute Gasteiger partial charge is 0.291 e. The third-order valence-corrected chi connectivity index (χ3v) is 4.20. The zero-order valence-electron chi connectivity index (χ0n) is 9.18. The van der Waals surface area contributed by atoms with Gasteiger partial charge in [0.05, 0.1) is 0 Å². The summed E-state index contributed by atoms with van der Waals surface area (Å²) in [4.78, 5) is 2.78. The lowest BCUT2D eigenvalue weighted by Gasteiger charge is -2.20. The number of rotatable bonds is 4. The van der Waals surface area contributed by atoms with Crippen molar-refractivity contribution in [3.63, 3.8) is 0 Å². The first-order valence-corrected chi connectivity index (χ1v) is 6.12. The summed E-state index contributed by atoms with van der Waals surface area (Å²) < 4.78 is 0. The fraction of sp³-hybridized carbons (Fsp3) is 1.00. The smallest absolute Gasteiger partial charge is 0.0366 e. The van der Waals surface area contributed by atoms with E-state index in [2.05, 4.69) is 18.7 Å². The number of piperidine rings is 1.